The number of aromatic amines is 1. The van der Waals surface area contributed by atoms with Crippen molar-refractivity contribution in [2.24, 2.45) is 0 Å². The number of benzene rings is 1. The van der Waals surface area contributed by atoms with Crippen LogP contribution in [0.3, 0.4) is 0 Å². The van der Waals surface area contributed by atoms with Crippen LogP contribution in [0.4, 0.5) is 0 Å². The smallest absolute Gasteiger partial charge is 0.183 e. The first-order chi connectivity index (χ1) is 8.85. The summed E-state index contributed by atoms with van der Waals surface area (Å²) in [6, 6.07) is 10.8. The normalized spacial score (nSPS) is 14.3. The third kappa shape index (κ3) is 3.11. The van der Waals surface area contributed by atoms with E-state index in [2.05, 4.69) is 51.7 Å². The highest BCUT2D eigenvalue weighted by Gasteiger charge is 2.22. The van der Waals surface area contributed by atoms with E-state index in [1.165, 1.54) is 5.56 Å². The summed E-state index contributed by atoms with van der Waals surface area (Å²) in [6.45, 7) is 2.20. The van der Waals surface area contributed by atoms with E-state index in [9.17, 15) is 0 Å². The molecule has 1 heterocycles. The maximum Gasteiger partial charge on any atom is 0.183 e. The highest BCUT2D eigenvalue weighted by molar-refractivity contribution is 7.99. The number of thioether (sulfide) groups is 1. The van der Waals surface area contributed by atoms with Gasteiger partial charge in [0.05, 0.1) is 0 Å². The number of H-pyrrole nitrogens is 1. The van der Waals surface area contributed by atoms with Gasteiger partial charge in [0.1, 0.15) is 6.33 Å². The van der Waals surface area contributed by atoms with Gasteiger partial charge in [0, 0.05) is 11.3 Å². The molecule has 0 bridgehead atoms. The van der Waals surface area contributed by atoms with Gasteiger partial charge in [0.25, 0.3) is 0 Å². The molecule has 0 radical (unpaired) electrons. The molecule has 1 aromatic heterocycles. The molecule has 0 saturated heterocycles. The van der Waals surface area contributed by atoms with Crippen LogP contribution < -0.4 is 5.32 Å². The molecule has 0 aliphatic rings. The average molecular weight is 262 g/mol. The molecule has 2 atom stereocenters. The first-order valence-electron chi connectivity index (χ1n) is 6.09. The predicted octanol–water partition coefficient (Wildman–Crippen LogP) is 2.64. The summed E-state index contributed by atoms with van der Waals surface area (Å²) in [5, 5.41) is 11.5. The van der Waals surface area contributed by atoms with E-state index in [-0.39, 0.29) is 0 Å². The second-order valence-electron chi connectivity index (χ2n) is 4.03. The lowest BCUT2D eigenvalue weighted by atomic mass is 10.0. The van der Waals surface area contributed by atoms with E-state index in [0.717, 1.165) is 11.6 Å². The van der Waals surface area contributed by atoms with E-state index in [0.29, 0.717) is 11.3 Å². The number of nitrogens with zero attached hydrogens (tertiary/aromatic N) is 2. The Hall–Kier alpha value is -1.33. The summed E-state index contributed by atoms with van der Waals surface area (Å²) in [5.74, 6) is 0. The molecule has 1 aromatic carbocycles. The maximum absolute atomic E-state index is 4.18. The quantitative estimate of drug-likeness (QED) is 0.786. The largest absolute Gasteiger partial charge is 0.312 e. The third-order valence-corrected chi connectivity index (χ3v) is 4.23. The van der Waals surface area contributed by atoms with Crippen molar-refractivity contribution in [1.29, 1.82) is 0 Å². The summed E-state index contributed by atoms with van der Waals surface area (Å²) in [4.78, 5) is 4.18. The summed E-state index contributed by atoms with van der Waals surface area (Å²) in [7, 11) is 2.00. The van der Waals surface area contributed by atoms with E-state index >= 15 is 0 Å². The van der Waals surface area contributed by atoms with Gasteiger partial charge in [-0.1, -0.05) is 49.0 Å². The zero-order valence-electron chi connectivity index (χ0n) is 10.6. The van der Waals surface area contributed by atoms with Crippen molar-refractivity contribution < 1.29 is 0 Å². The molecular formula is C13H18N4S. The highest BCUT2D eigenvalue weighted by atomic mass is 32.2. The topological polar surface area (TPSA) is 53.6 Å². The Morgan fingerprint density at radius 1 is 1.33 bits per heavy atom. The fraction of sp³-hybridized carbons (Fsp3) is 0.385. The number of hydrogen-bond acceptors (Lipinski definition) is 4. The zero-order valence-corrected chi connectivity index (χ0v) is 11.4. The van der Waals surface area contributed by atoms with Crippen molar-refractivity contribution in [3.63, 3.8) is 0 Å². The van der Waals surface area contributed by atoms with Crippen molar-refractivity contribution in [3.8, 4) is 0 Å². The molecule has 2 N–H and O–H groups in total. The van der Waals surface area contributed by atoms with Gasteiger partial charge in [-0.2, -0.15) is 5.10 Å². The molecule has 0 aliphatic carbocycles. The Kier molecular flexibility index (Phi) is 4.78. The van der Waals surface area contributed by atoms with E-state index < -0.39 is 0 Å². The van der Waals surface area contributed by atoms with Crippen molar-refractivity contribution in [2.75, 3.05) is 7.05 Å². The fourth-order valence-electron chi connectivity index (χ4n) is 2.01. The summed E-state index contributed by atoms with van der Waals surface area (Å²) >= 11 is 1.73. The second kappa shape index (κ2) is 6.56. The molecule has 5 heteroatoms. The minimum absolute atomic E-state index is 0.311. The van der Waals surface area contributed by atoms with E-state index in [4.69, 9.17) is 0 Å². The fourth-order valence-corrected chi connectivity index (χ4v) is 3.11. The Labute approximate surface area is 112 Å². The minimum atomic E-state index is 0.311. The van der Waals surface area contributed by atoms with Gasteiger partial charge in [-0.3, -0.25) is 5.10 Å². The molecule has 0 amide bonds. The molecule has 18 heavy (non-hydrogen) atoms. The molecule has 0 fully saturated rings. The van der Waals surface area contributed by atoms with Crippen molar-refractivity contribution in [3.05, 3.63) is 42.2 Å². The Balaban J connectivity index is 2.14. The van der Waals surface area contributed by atoms with Gasteiger partial charge in [-0.05, 0) is 19.0 Å². The number of aromatic nitrogens is 3. The van der Waals surface area contributed by atoms with Gasteiger partial charge in [-0.15, -0.1) is 0 Å². The summed E-state index contributed by atoms with van der Waals surface area (Å²) < 4.78 is 0. The van der Waals surface area contributed by atoms with Crippen LogP contribution in [0.2, 0.25) is 0 Å². The van der Waals surface area contributed by atoms with Gasteiger partial charge < -0.3 is 5.32 Å². The van der Waals surface area contributed by atoms with E-state index in [1.54, 1.807) is 18.1 Å². The summed E-state index contributed by atoms with van der Waals surface area (Å²) in [5.41, 5.74) is 1.30. The predicted molar refractivity (Wildman–Crippen MR) is 74.6 cm³/mol. The van der Waals surface area contributed by atoms with E-state index in [1.807, 2.05) is 13.1 Å². The minimum Gasteiger partial charge on any atom is -0.312 e. The third-order valence-electron chi connectivity index (χ3n) is 2.90. The molecule has 0 spiro atoms. The zero-order chi connectivity index (χ0) is 12.8. The van der Waals surface area contributed by atoms with Crippen LogP contribution in [0, 0.1) is 0 Å². The van der Waals surface area contributed by atoms with Crippen molar-refractivity contribution >= 4 is 11.8 Å². The first kappa shape index (κ1) is 13.1. The van der Waals surface area contributed by atoms with Crippen LogP contribution in [0.15, 0.2) is 41.8 Å². The number of hydrogen-bond donors (Lipinski definition) is 2. The monoisotopic (exact) mass is 262 g/mol. The van der Waals surface area contributed by atoms with Gasteiger partial charge in [0.2, 0.25) is 0 Å². The lowest BCUT2D eigenvalue weighted by Crippen LogP contribution is -2.27. The van der Waals surface area contributed by atoms with Crippen LogP contribution in [-0.4, -0.2) is 27.5 Å². The molecular weight excluding hydrogens is 244 g/mol. The lowest BCUT2D eigenvalue weighted by Gasteiger charge is -2.25. The Morgan fingerprint density at radius 3 is 2.67 bits per heavy atom. The SMILES string of the molecule is CCC(Sc1ncn[nH]1)C(NC)c1ccccc1. The van der Waals surface area contributed by atoms with Crippen LogP contribution >= 0.6 is 11.8 Å². The molecule has 0 aliphatic heterocycles. The average Bonchev–Trinajstić information content (AvgIpc) is 2.92. The molecule has 2 rings (SSSR count). The van der Waals surface area contributed by atoms with Gasteiger partial charge >= 0.3 is 0 Å². The standard InChI is InChI=1S/C13H18N4S/c1-3-11(18-13-15-9-16-17-13)12(14-2)10-7-5-4-6-8-10/h4-9,11-12,14H,3H2,1-2H3,(H,15,16,17). The summed E-state index contributed by atoms with van der Waals surface area (Å²) in [6.07, 6.45) is 2.61. The second-order valence-corrected chi connectivity index (χ2v) is 5.26. The Bertz CT molecular complexity index is 443. The Morgan fingerprint density at radius 2 is 2.11 bits per heavy atom. The van der Waals surface area contributed by atoms with Crippen LogP contribution in [-0.2, 0) is 0 Å². The molecule has 0 saturated carbocycles. The van der Waals surface area contributed by atoms with Crippen molar-refractivity contribution in [1.82, 2.24) is 20.5 Å². The highest BCUT2D eigenvalue weighted by Crippen LogP contribution is 2.32. The first-order valence-corrected chi connectivity index (χ1v) is 6.97. The molecule has 2 unspecified atom stereocenters. The number of rotatable bonds is 6. The maximum atomic E-state index is 4.18. The lowest BCUT2D eigenvalue weighted by molar-refractivity contribution is 0.554. The molecule has 4 nitrogen and oxygen atoms in total. The van der Waals surface area contributed by atoms with Gasteiger partial charge in [-0.25, -0.2) is 4.98 Å². The van der Waals surface area contributed by atoms with Crippen LogP contribution in [0.5, 0.6) is 0 Å². The number of nitrogens with one attached hydrogen (secondary N) is 2. The molecule has 2 aromatic rings. The van der Waals surface area contributed by atoms with Crippen LogP contribution in [0.25, 0.3) is 0 Å². The van der Waals surface area contributed by atoms with Gasteiger partial charge in [0.15, 0.2) is 5.16 Å². The van der Waals surface area contributed by atoms with Crippen molar-refractivity contribution in [2.45, 2.75) is 29.8 Å². The molecule has 96 valence electrons. The van der Waals surface area contributed by atoms with Crippen LogP contribution in [0.1, 0.15) is 24.9 Å².